The summed E-state index contributed by atoms with van der Waals surface area (Å²) in [5.74, 6) is -1.11. The van der Waals surface area contributed by atoms with Gasteiger partial charge in [0.25, 0.3) is 0 Å². The summed E-state index contributed by atoms with van der Waals surface area (Å²) >= 11 is 4.95. The Morgan fingerprint density at radius 3 is 2.55 bits per heavy atom. The highest BCUT2D eigenvalue weighted by atomic mass is 35.5. The molecule has 11 heavy (non-hydrogen) atoms. The fraction of sp³-hybridized carbons (Fsp3) is 0.600. The van der Waals surface area contributed by atoms with Crippen molar-refractivity contribution in [3.8, 4) is 0 Å². The highest BCUT2D eigenvalue weighted by Gasteiger charge is 2.10. The molecule has 0 rings (SSSR count). The first-order valence-electron chi connectivity index (χ1n) is 2.91. The molecule has 0 radical (unpaired) electrons. The van der Waals surface area contributed by atoms with E-state index in [1.807, 2.05) is 0 Å². The summed E-state index contributed by atoms with van der Waals surface area (Å²) in [5.41, 5.74) is 5.09. The number of rotatable bonds is 5. The summed E-state index contributed by atoms with van der Waals surface area (Å²) < 4.78 is 0. The molecule has 0 heterocycles. The zero-order valence-electron chi connectivity index (χ0n) is 5.71. The Balaban J connectivity index is 3.39. The van der Waals surface area contributed by atoms with Crippen LogP contribution in [0.1, 0.15) is 0 Å². The number of carboxylic acids is 1. The zero-order valence-corrected chi connectivity index (χ0v) is 6.47. The first-order chi connectivity index (χ1) is 5.04. The Hall–Kier alpha value is -0.650. The number of nitrogens with one attached hydrogen (secondary N) is 1. The molecule has 0 spiro atoms. The molecular formula is C5H9ClN2O3. The van der Waals surface area contributed by atoms with Gasteiger partial charge in [-0.2, -0.15) is 0 Å². The minimum atomic E-state index is -1.11. The van der Waals surface area contributed by atoms with Gasteiger partial charge in [0.1, 0.15) is 6.04 Å². The van der Waals surface area contributed by atoms with Crippen molar-refractivity contribution in [1.82, 2.24) is 5.32 Å². The van der Waals surface area contributed by atoms with Crippen LogP contribution in [0.5, 0.6) is 0 Å². The minimum absolute atomic E-state index is 0.0355. The van der Waals surface area contributed by atoms with E-state index in [-0.39, 0.29) is 13.1 Å². The van der Waals surface area contributed by atoms with E-state index in [1.54, 1.807) is 0 Å². The molecule has 0 aromatic rings. The third-order valence-corrected chi connectivity index (χ3v) is 1.08. The molecule has 0 aromatic heterocycles. The van der Waals surface area contributed by atoms with E-state index in [1.165, 1.54) is 0 Å². The summed E-state index contributed by atoms with van der Waals surface area (Å²) in [6, 6.07) is -0.994. The van der Waals surface area contributed by atoms with Crippen molar-refractivity contribution in [3.05, 3.63) is 0 Å². The second kappa shape index (κ2) is 5.06. The fourth-order valence-electron chi connectivity index (χ4n) is 0.413. The number of carbonyl (C=O) groups is 2. The molecule has 6 heteroatoms. The number of hydrogen-bond donors (Lipinski definition) is 3. The maximum atomic E-state index is 10.1. The monoisotopic (exact) mass is 180 g/mol. The number of halogens is 1. The van der Waals surface area contributed by atoms with Gasteiger partial charge in [0, 0.05) is 6.54 Å². The Bertz CT molecular complexity index is 162. The quantitative estimate of drug-likeness (QED) is 0.460. The second-order valence-corrected chi connectivity index (χ2v) is 2.35. The van der Waals surface area contributed by atoms with Gasteiger partial charge < -0.3 is 16.2 Å². The van der Waals surface area contributed by atoms with Gasteiger partial charge in [-0.05, 0) is 11.6 Å². The lowest BCUT2D eigenvalue weighted by Crippen LogP contribution is -2.41. The van der Waals surface area contributed by atoms with Crippen LogP contribution in [0.3, 0.4) is 0 Å². The van der Waals surface area contributed by atoms with Gasteiger partial charge in [-0.1, -0.05) is 0 Å². The summed E-state index contributed by atoms with van der Waals surface area (Å²) in [5, 5.41) is 10.2. The van der Waals surface area contributed by atoms with Crippen molar-refractivity contribution in [2.24, 2.45) is 5.73 Å². The van der Waals surface area contributed by atoms with Gasteiger partial charge >= 0.3 is 5.97 Å². The lowest BCUT2D eigenvalue weighted by atomic mass is 10.3. The van der Waals surface area contributed by atoms with E-state index in [0.717, 1.165) is 0 Å². The lowest BCUT2D eigenvalue weighted by Gasteiger charge is -2.05. The third-order valence-electron chi connectivity index (χ3n) is 0.945. The Kier molecular flexibility index (Phi) is 4.76. The van der Waals surface area contributed by atoms with Crippen LogP contribution >= 0.6 is 11.6 Å². The summed E-state index contributed by atoms with van der Waals surface area (Å²) in [4.78, 5) is 20.2. The normalized spacial score (nSPS) is 12.5. The molecule has 0 amide bonds. The predicted molar refractivity (Wildman–Crippen MR) is 39.3 cm³/mol. The molecule has 0 fully saturated rings. The van der Waals surface area contributed by atoms with E-state index in [2.05, 4.69) is 5.32 Å². The molecule has 0 aromatic carbocycles. The maximum Gasteiger partial charge on any atom is 0.321 e. The van der Waals surface area contributed by atoms with Crippen LogP contribution in [0.4, 0.5) is 0 Å². The first kappa shape index (κ1) is 10.3. The molecule has 0 saturated carbocycles. The second-order valence-electron chi connectivity index (χ2n) is 1.93. The number of nitrogens with two attached hydrogens (primary N) is 1. The Morgan fingerprint density at radius 1 is 1.64 bits per heavy atom. The predicted octanol–water partition coefficient (Wildman–Crippen LogP) is -1.25. The van der Waals surface area contributed by atoms with E-state index in [0.29, 0.717) is 0 Å². The molecule has 64 valence electrons. The molecule has 0 unspecified atom stereocenters. The maximum absolute atomic E-state index is 10.1. The highest BCUT2D eigenvalue weighted by molar-refractivity contribution is 6.64. The Morgan fingerprint density at radius 2 is 2.18 bits per heavy atom. The third kappa shape index (κ3) is 5.78. The average Bonchev–Trinajstić information content (AvgIpc) is 1.86. The highest BCUT2D eigenvalue weighted by Crippen LogP contribution is 1.78. The molecule has 0 aliphatic carbocycles. The van der Waals surface area contributed by atoms with Crippen LogP contribution < -0.4 is 11.1 Å². The smallest absolute Gasteiger partial charge is 0.321 e. The largest absolute Gasteiger partial charge is 0.480 e. The van der Waals surface area contributed by atoms with Gasteiger partial charge in [0.2, 0.25) is 5.24 Å². The zero-order chi connectivity index (χ0) is 8.85. The van der Waals surface area contributed by atoms with Crippen molar-refractivity contribution < 1.29 is 14.7 Å². The molecule has 1 atom stereocenters. The van der Waals surface area contributed by atoms with Crippen LogP contribution in [0.15, 0.2) is 0 Å². The molecule has 0 aliphatic heterocycles. The van der Waals surface area contributed by atoms with Crippen LogP contribution in [0.25, 0.3) is 0 Å². The topological polar surface area (TPSA) is 92.4 Å². The van der Waals surface area contributed by atoms with Crippen LogP contribution in [-0.2, 0) is 9.59 Å². The molecule has 0 aliphatic rings. The van der Waals surface area contributed by atoms with Crippen molar-refractivity contribution in [2.75, 3.05) is 13.1 Å². The number of carbonyl (C=O) groups excluding carboxylic acids is 1. The summed E-state index contributed by atoms with van der Waals surface area (Å²) in [7, 11) is 0. The van der Waals surface area contributed by atoms with Gasteiger partial charge in [0.15, 0.2) is 0 Å². The van der Waals surface area contributed by atoms with Gasteiger partial charge in [-0.25, -0.2) is 0 Å². The minimum Gasteiger partial charge on any atom is -0.480 e. The number of hydrogen-bond acceptors (Lipinski definition) is 4. The van der Waals surface area contributed by atoms with E-state index < -0.39 is 17.3 Å². The van der Waals surface area contributed by atoms with Crippen molar-refractivity contribution in [1.29, 1.82) is 0 Å². The van der Waals surface area contributed by atoms with Crippen molar-refractivity contribution in [3.63, 3.8) is 0 Å². The summed E-state index contributed by atoms with van der Waals surface area (Å²) in [6.07, 6.45) is 0. The molecule has 4 N–H and O–H groups in total. The van der Waals surface area contributed by atoms with Crippen molar-refractivity contribution >= 4 is 22.8 Å². The standard InChI is InChI=1S/C5H9ClN2O3/c6-4(9)2-8-1-3(7)5(10)11/h3,8H,1-2,7H2,(H,10,11)/t3-/m0/s1. The van der Waals surface area contributed by atoms with Gasteiger partial charge in [0.05, 0.1) is 6.54 Å². The van der Waals surface area contributed by atoms with E-state index in [4.69, 9.17) is 22.4 Å². The SMILES string of the molecule is N[C@@H](CNCC(=O)Cl)C(=O)O. The first-order valence-corrected chi connectivity index (χ1v) is 3.29. The lowest BCUT2D eigenvalue weighted by molar-refractivity contribution is -0.138. The van der Waals surface area contributed by atoms with E-state index in [9.17, 15) is 9.59 Å². The average molecular weight is 181 g/mol. The van der Waals surface area contributed by atoms with Gasteiger partial charge in [-0.15, -0.1) is 0 Å². The molecule has 5 nitrogen and oxygen atoms in total. The number of carboxylic acid groups (broad SMARTS) is 1. The van der Waals surface area contributed by atoms with Crippen LogP contribution in [0.2, 0.25) is 0 Å². The summed E-state index contributed by atoms with van der Waals surface area (Å²) in [6.45, 7) is -0.0314. The molecule has 0 bridgehead atoms. The number of aliphatic carboxylic acids is 1. The van der Waals surface area contributed by atoms with Crippen molar-refractivity contribution in [2.45, 2.75) is 6.04 Å². The fourth-order valence-corrected chi connectivity index (χ4v) is 0.508. The molecular weight excluding hydrogens is 172 g/mol. The van der Waals surface area contributed by atoms with E-state index >= 15 is 0 Å². The van der Waals surface area contributed by atoms with Crippen LogP contribution in [-0.4, -0.2) is 35.4 Å². The van der Waals surface area contributed by atoms with Crippen LogP contribution in [0, 0.1) is 0 Å². The van der Waals surface area contributed by atoms with Gasteiger partial charge in [-0.3, -0.25) is 9.59 Å². The molecule has 0 saturated heterocycles. The Labute approximate surface area is 68.5 Å².